The molecule has 11 nitrogen and oxygen atoms in total. The van der Waals surface area contributed by atoms with Crippen LogP contribution in [0.25, 0.3) is 22.1 Å². The molecule has 2 N–H and O–H groups in total. The normalized spacial score (nSPS) is 14.2. The van der Waals surface area contributed by atoms with E-state index in [0.29, 0.717) is 29.5 Å². The van der Waals surface area contributed by atoms with Crippen molar-refractivity contribution in [3.8, 4) is 11.8 Å². The van der Waals surface area contributed by atoms with Crippen LogP contribution in [0.4, 0.5) is 11.6 Å². The molecule has 5 aromatic rings. The zero-order valence-electron chi connectivity index (χ0n) is 21.6. The van der Waals surface area contributed by atoms with Gasteiger partial charge in [-0.15, -0.1) is 10.2 Å². The van der Waals surface area contributed by atoms with E-state index in [0.717, 1.165) is 48.0 Å². The predicted molar refractivity (Wildman–Crippen MR) is 148 cm³/mol. The first-order chi connectivity index (χ1) is 19.6. The number of imidazole rings is 1. The number of esters is 1. The van der Waals surface area contributed by atoms with Crippen molar-refractivity contribution < 1.29 is 14.6 Å². The van der Waals surface area contributed by atoms with Gasteiger partial charge in [0.1, 0.15) is 34.6 Å². The number of aromatic amines is 1. The van der Waals surface area contributed by atoms with Crippen LogP contribution in [-0.4, -0.2) is 43.8 Å². The number of ether oxygens (including phenoxy) is 1. The van der Waals surface area contributed by atoms with Gasteiger partial charge in [-0.05, 0) is 48.6 Å². The van der Waals surface area contributed by atoms with Crippen molar-refractivity contribution in [3.63, 3.8) is 0 Å². The Labute approximate surface area is 229 Å². The Morgan fingerprint density at radius 2 is 1.98 bits per heavy atom. The lowest BCUT2D eigenvalue weighted by Crippen LogP contribution is -2.41. The van der Waals surface area contributed by atoms with Gasteiger partial charge in [0, 0.05) is 31.1 Å². The summed E-state index contributed by atoms with van der Waals surface area (Å²) in [6.07, 6.45) is 5.86. The van der Waals surface area contributed by atoms with Crippen molar-refractivity contribution in [1.29, 1.82) is 5.26 Å². The van der Waals surface area contributed by atoms with Gasteiger partial charge in [0.15, 0.2) is 0 Å². The molecule has 4 heterocycles. The second kappa shape index (κ2) is 10.9. The molecule has 0 amide bonds. The number of H-pyrrole nitrogens is 1. The Balaban J connectivity index is 1.31. The summed E-state index contributed by atoms with van der Waals surface area (Å²) < 4.78 is 7.35. The lowest BCUT2D eigenvalue weighted by molar-refractivity contribution is 0.0469. The summed E-state index contributed by atoms with van der Waals surface area (Å²) in [7, 11) is 0. The molecule has 11 heteroatoms. The molecule has 0 atom stereocenters. The van der Waals surface area contributed by atoms with Gasteiger partial charge in [0.2, 0.25) is 0 Å². The van der Waals surface area contributed by atoms with Crippen LogP contribution in [0.2, 0.25) is 0 Å². The summed E-state index contributed by atoms with van der Waals surface area (Å²) in [5.41, 5.74) is 3.49. The molecule has 1 aliphatic heterocycles. The number of aromatic hydroxyl groups is 1. The van der Waals surface area contributed by atoms with Gasteiger partial charge in [-0.3, -0.25) is 0 Å². The summed E-state index contributed by atoms with van der Waals surface area (Å²) in [5, 5.41) is 31.4. The van der Waals surface area contributed by atoms with E-state index >= 15 is 0 Å². The highest BCUT2D eigenvalue weighted by Crippen LogP contribution is 2.32. The van der Waals surface area contributed by atoms with Crippen molar-refractivity contribution in [2.24, 2.45) is 16.1 Å². The third-order valence-electron chi connectivity index (χ3n) is 7.08. The quantitative estimate of drug-likeness (QED) is 0.203. The topological polar surface area (TPSA) is 145 Å². The number of azo groups is 1. The number of aromatic nitrogens is 4. The number of phenols is 1. The molecule has 0 saturated carbocycles. The van der Waals surface area contributed by atoms with Crippen LogP contribution in [0.1, 0.15) is 35.2 Å². The fraction of sp³-hybridized carbons (Fsp3) is 0.241. The van der Waals surface area contributed by atoms with E-state index in [-0.39, 0.29) is 17.9 Å². The number of benzene rings is 2. The molecule has 3 aromatic heterocycles. The largest absolute Gasteiger partial charge is 0.507 e. The molecule has 0 unspecified atom stereocenters. The van der Waals surface area contributed by atoms with E-state index < -0.39 is 5.97 Å². The number of carbonyl (C=O) groups excluding carboxylic acids is 1. The molecule has 6 rings (SSSR count). The lowest BCUT2D eigenvalue weighted by Gasteiger charge is -2.33. The van der Waals surface area contributed by atoms with E-state index in [4.69, 9.17) is 15.0 Å². The number of nitrogens with zero attached hydrogens (tertiary/aromatic N) is 7. The summed E-state index contributed by atoms with van der Waals surface area (Å²) in [6, 6.07) is 18.0. The molecular weight excluding hydrogens is 508 g/mol. The molecule has 0 bridgehead atoms. The molecule has 2 aromatic carbocycles. The van der Waals surface area contributed by atoms with Gasteiger partial charge in [-0.2, -0.15) is 5.26 Å². The van der Waals surface area contributed by atoms with Gasteiger partial charge in [-0.1, -0.05) is 30.3 Å². The molecule has 1 aliphatic rings. The van der Waals surface area contributed by atoms with Gasteiger partial charge >= 0.3 is 5.97 Å². The zero-order chi connectivity index (χ0) is 27.5. The number of rotatable bonds is 7. The van der Waals surface area contributed by atoms with Crippen molar-refractivity contribution in [2.45, 2.75) is 25.9 Å². The number of hydrogen-bond donors (Lipinski definition) is 2. The number of carbonyl (C=O) groups is 1. The van der Waals surface area contributed by atoms with Gasteiger partial charge in [-0.25, -0.2) is 19.4 Å². The maximum atomic E-state index is 12.7. The third kappa shape index (κ3) is 4.94. The van der Waals surface area contributed by atoms with E-state index in [1.807, 2.05) is 47.3 Å². The molecule has 1 fully saturated rings. The number of hydrogen-bond acceptors (Lipinski definition) is 9. The monoisotopic (exact) mass is 534 g/mol. The van der Waals surface area contributed by atoms with Crippen molar-refractivity contribution in [1.82, 2.24) is 19.6 Å². The second-order valence-corrected chi connectivity index (χ2v) is 9.68. The molecule has 1 saturated heterocycles. The van der Waals surface area contributed by atoms with E-state index in [1.54, 1.807) is 12.3 Å². The number of phenolic OH excluding ortho intramolecular Hbond substituents is 1. The first kappa shape index (κ1) is 25.1. The Kier molecular flexibility index (Phi) is 6.80. The van der Waals surface area contributed by atoms with Crippen LogP contribution < -0.4 is 5.01 Å². The number of nitrogens with one attached hydrogen (secondary N) is 1. The summed E-state index contributed by atoms with van der Waals surface area (Å²) in [6.45, 7) is 1.57. The molecule has 200 valence electrons. The number of pyridine rings is 1. The van der Waals surface area contributed by atoms with Crippen molar-refractivity contribution in [2.75, 3.05) is 18.1 Å². The lowest BCUT2D eigenvalue weighted by atomic mass is 9.95. The van der Waals surface area contributed by atoms with Gasteiger partial charge < -0.3 is 19.8 Å². The van der Waals surface area contributed by atoms with Crippen LogP contribution in [-0.2, 0) is 11.3 Å². The maximum absolute atomic E-state index is 12.7. The fourth-order valence-electron chi connectivity index (χ4n) is 4.98. The highest BCUT2D eigenvalue weighted by atomic mass is 16.5. The van der Waals surface area contributed by atoms with Crippen LogP contribution in [0.15, 0.2) is 77.2 Å². The number of piperidine rings is 1. The zero-order valence-corrected chi connectivity index (χ0v) is 21.6. The fourth-order valence-corrected chi connectivity index (χ4v) is 4.98. The summed E-state index contributed by atoms with van der Waals surface area (Å²) in [5.74, 6) is -0.130. The van der Waals surface area contributed by atoms with Crippen LogP contribution >= 0.6 is 0 Å². The molecule has 40 heavy (non-hydrogen) atoms. The summed E-state index contributed by atoms with van der Waals surface area (Å²) in [4.78, 5) is 25.0. The minimum absolute atomic E-state index is 0.00122. The second-order valence-electron chi connectivity index (χ2n) is 9.68. The molecule has 0 aliphatic carbocycles. The Morgan fingerprint density at radius 3 is 2.77 bits per heavy atom. The highest BCUT2D eigenvalue weighted by molar-refractivity contribution is 6.02. The van der Waals surface area contributed by atoms with Crippen LogP contribution in [0.3, 0.4) is 0 Å². The first-order valence-electron chi connectivity index (χ1n) is 13.0. The van der Waals surface area contributed by atoms with Crippen molar-refractivity contribution >= 4 is 39.7 Å². The average molecular weight is 535 g/mol. The Morgan fingerprint density at radius 1 is 1.15 bits per heavy atom. The average Bonchev–Trinajstić information content (AvgIpc) is 3.61. The number of fused-ring (bicyclic) bond motifs is 3. The SMILES string of the molecule is N#CCC1CCN(n2c(/N=N/c3ccc(O)c(C(=O)OCc4ccccc4)c3)nc3cnc4[nH]ccc4c32)CC1. The predicted octanol–water partition coefficient (Wildman–Crippen LogP) is 5.65. The van der Waals surface area contributed by atoms with Gasteiger partial charge in [0.25, 0.3) is 5.95 Å². The molecule has 0 radical (unpaired) electrons. The van der Waals surface area contributed by atoms with E-state index in [9.17, 15) is 9.90 Å². The van der Waals surface area contributed by atoms with E-state index in [2.05, 4.69) is 31.3 Å². The van der Waals surface area contributed by atoms with Crippen LogP contribution in [0, 0.1) is 17.2 Å². The Bertz CT molecular complexity index is 1740. The smallest absolute Gasteiger partial charge is 0.342 e. The maximum Gasteiger partial charge on any atom is 0.342 e. The van der Waals surface area contributed by atoms with Gasteiger partial charge in [0.05, 0.1) is 18.0 Å². The van der Waals surface area contributed by atoms with Crippen molar-refractivity contribution in [3.05, 3.63) is 78.1 Å². The highest BCUT2D eigenvalue weighted by Gasteiger charge is 2.25. The third-order valence-corrected chi connectivity index (χ3v) is 7.08. The minimum atomic E-state index is -0.660. The molecular formula is C29H26N8O3. The van der Waals surface area contributed by atoms with Crippen LogP contribution in [0.5, 0.6) is 5.75 Å². The number of nitriles is 1. The standard InChI is InChI=1S/C29H26N8O3/c30-12-8-19-10-14-36(15-11-19)37-26-22-9-13-31-27(22)32-17-24(26)33-29(37)35-34-21-6-7-25(38)23(16-21)28(39)40-18-20-4-2-1-3-5-20/h1-7,9,13,16-17,19,38H,8,10-11,14-15,18H2,(H,31,32)/b35-34+. The van der Waals surface area contributed by atoms with E-state index in [1.165, 1.54) is 12.1 Å². The summed E-state index contributed by atoms with van der Waals surface area (Å²) >= 11 is 0. The molecule has 0 spiro atoms. The Hall–Kier alpha value is -5.24. The minimum Gasteiger partial charge on any atom is -0.507 e. The first-order valence-corrected chi connectivity index (χ1v) is 13.0.